The van der Waals surface area contributed by atoms with Crippen LogP contribution in [-0.4, -0.2) is 18.5 Å². The Morgan fingerprint density at radius 2 is 2.00 bits per heavy atom. The van der Waals surface area contributed by atoms with Gasteiger partial charge < -0.3 is 4.90 Å². The van der Waals surface area contributed by atoms with Crippen LogP contribution in [0.3, 0.4) is 0 Å². The van der Waals surface area contributed by atoms with Gasteiger partial charge in [0.2, 0.25) is 0 Å². The highest BCUT2D eigenvalue weighted by Gasteiger charge is 2.12. The average molecular weight is 203 g/mol. The number of nitrogens with zero attached hydrogens (tertiary/aromatic N) is 1. The molecule has 1 heteroatoms. The number of aryl methyl sites for hydroxylation is 1. The molecule has 0 saturated carbocycles. The van der Waals surface area contributed by atoms with Gasteiger partial charge in [-0.15, -0.1) is 0 Å². The van der Waals surface area contributed by atoms with Crippen molar-refractivity contribution < 1.29 is 0 Å². The largest absolute Gasteiger partial charge is 0.302 e. The van der Waals surface area contributed by atoms with Gasteiger partial charge in [0.25, 0.3) is 0 Å². The summed E-state index contributed by atoms with van der Waals surface area (Å²) in [5.41, 5.74) is 4.59. The molecule has 1 aromatic rings. The van der Waals surface area contributed by atoms with Gasteiger partial charge in [0, 0.05) is 6.54 Å². The lowest BCUT2D eigenvalue weighted by molar-refractivity contribution is 0.332. The zero-order valence-corrected chi connectivity index (χ0v) is 10.1. The molecule has 0 fully saturated rings. The van der Waals surface area contributed by atoms with Gasteiger partial charge in [-0.05, 0) is 49.0 Å². The van der Waals surface area contributed by atoms with Crippen LogP contribution in [-0.2, 0) is 13.0 Å². The molecule has 1 aliphatic rings. The summed E-state index contributed by atoms with van der Waals surface area (Å²) in [7, 11) is 2.21. The van der Waals surface area contributed by atoms with Gasteiger partial charge in [-0.1, -0.05) is 32.0 Å². The third-order valence-corrected chi connectivity index (χ3v) is 3.32. The zero-order chi connectivity index (χ0) is 10.8. The minimum absolute atomic E-state index is 0.649. The Kier molecular flexibility index (Phi) is 3.11. The van der Waals surface area contributed by atoms with Crippen molar-refractivity contribution in [2.75, 3.05) is 13.6 Å². The summed E-state index contributed by atoms with van der Waals surface area (Å²) in [6.45, 7) is 6.88. The average Bonchev–Trinajstić information content (AvgIpc) is 2.37. The second-order valence-corrected chi connectivity index (χ2v) is 5.02. The van der Waals surface area contributed by atoms with Crippen LogP contribution < -0.4 is 0 Å². The van der Waals surface area contributed by atoms with Crippen LogP contribution in [0.5, 0.6) is 0 Å². The molecule has 0 unspecified atom stereocenters. The molecule has 1 aliphatic heterocycles. The Morgan fingerprint density at radius 3 is 2.73 bits per heavy atom. The highest BCUT2D eigenvalue weighted by Crippen LogP contribution is 2.23. The number of hydrogen-bond acceptors (Lipinski definition) is 1. The van der Waals surface area contributed by atoms with E-state index in [9.17, 15) is 0 Å². The van der Waals surface area contributed by atoms with Gasteiger partial charge in [0.1, 0.15) is 0 Å². The van der Waals surface area contributed by atoms with E-state index in [4.69, 9.17) is 0 Å². The molecule has 15 heavy (non-hydrogen) atoms. The fourth-order valence-corrected chi connectivity index (χ4v) is 2.30. The first-order valence-corrected chi connectivity index (χ1v) is 5.97. The molecule has 0 spiro atoms. The van der Waals surface area contributed by atoms with Gasteiger partial charge in [0.15, 0.2) is 0 Å². The molecule has 0 radical (unpaired) electrons. The lowest BCUT2D eigenvalue weighted by Gasteiger charge is -2.14. The van der Waals surface area contributed by atoms with Gasteiger partial charge in [-0.2, -0.15) is 0 Å². The minimum Gasteiger partial charge on any atom is -0.302 e. The van der Waals surface area contributed by atoms with Crippen LogP contribution >= 0.6 is 0 Å². The maximum Gasteiger partial charge on any atom is 0.0233 e. The Bertz CT molecular complexity index is 341. The SMILES string of the molecule is CC(C)c1ccc2c(c1)CCCN(C)C2. The summed E-state index contributed by atoms with van der Waals surface area (Å²) >= 11 is 0. The predicted molar refractivity (Wildman–Crippen MR) is 65.2 cm³/mol. The van der Waals surface area contributed by atoms with Crippen molar-refractivity contribution in [3.05, 3.63) is 34.9 Å². The Labute approximate surface area is 93.1 Å². The highest BCUT2D eigenvalue weighted by molar-refractivity contribution is 5.34. The normalized spacial score (nSPS) is 17.6. The molecule has 0 N–H and O–H groups in total. The highest BCUT2D eigenvalue weighted by atomic mass is 15.1. The minimum atomic E-state index is 0.649. The van der Waals surface area contributed by atoms with E-state index in [0.717, 1.165) is 6.54 Å². The van der Waals surface area contributed by atoms with E-state index in [0.29, 0.717) is 5.92 Å². The Morgan fingerprint density at radius 1 is 1.20 bits per heavy atom. The molecule has 0 atom stereocenters. The Hall–Kier alpha value is -0.820. The zero-order valence-electron chi connectivity index (χ0n) is 10.1. The number of rotatable bonds is 1. The van der Waals surface area contributed by atoms with E-state index in [2.05, 4.69) is 44.0 Å². The van der Waals surface area contributed by atoms with Crippen molar-refractivity contribution in [3.63, 3.8) is 0 Å². The van der Waals surface area contributed by atoms with E-state index in [1.54, 1.807) is 5.56 Å². The number of hydrogen-bond donors (Lipinski definition) is 0. The first kappa shape index (κ1) is 10.7. The van der Waals surface area contributed by atoms with Crippen molar-refractivity contribution in [2.45, 2.75) is 39.2 Å². The van der Waals surface area contributed by atoms with Crippen LogP contribution in [0.2, 0.25) is 0 Å². The van der Waals surface area contributed by atoms with E-state index in [1.807, 2.05) is 0 Å². The van der Waals surface area contributed by atoms with Crippen LogP contribution in [0.25, 0.3) is 0 Å². The maximum absolute atomic E-state index is 2.42. The van der Waals surface area contributed by atoms with Gasteiger partial charge >= 0.3 is 0 Å². The fourth-order valence-electron chi connectivity index (χ4n) is 2.30. The van der Waals surface area contributed by atoms with Crippen LogP contribution in [0.15, 0.2) is 18.2 Å². The molecule has 0 aromatic heterocycles. The number of benzene rings is 1. The molecule has 1 heterocycles. The van der Waals surface area contributed by atoms with Gasteiger partial charge in [-0.25, -0.2) is 0 Å². The monoisotopic (exact) mass is 203 g/mol. The third kappa shape index (κ3) is 2.40. The third-order valence-electron chi connectivity index (χ3n) is 3.32. The predicted octanol–water partition coefficient (Wildman–Crippen LogP) is 3.19. The molecule has 1 nitrogen and oxygen atoms in total. The molecule has 2 rings (SSSR count). The lowest BCUT2D eigenvalue weighted by Crippen LogP contribution is -2.17. The van der Waals surface area contributed by atoms with Crippen molar-refractivity contribution in [3.8, 4) is 0 Å². The summed E-state index contributed by atoms with van der Waals surface area (Å²) < 4.78 is 0. The summed E-state index contributed by atoms with van der Waals surface area (Å²) in [5, 5.41) is 0. The molecule has 82 valence electrons. The van der Waals surface area contributed by atoms with E-state index >= 15 is 0 Å². The van der Waals surface area contributed by atoms with Crippen molar-refractivity contribution in [2.24, 2.45) is 0 Å². The van der Waals surface area contributed by atoms with E-state index in [-0.39, 0.29) is 0 Å². The van der Waals surface area contributed by atoms with Crippen LogP contribution in [0.1, 0.15) is 42.9 Å². The van der Waals surface area contributed by atoms with E-state index in [1.165, 1.54) is 30.5 Å². The summed E-state index contributed by atoms with van der Waals surface area (Å²) in [4.78, 5) is 2.42. The van der Waals surface area contributed by atoms with Gasteiger partial charge in [-0.3, -0.25) is 0 Å². The van der Waals surface area contributed by atoms with Crippen molar-refractivity contribution in [1.29, 1.82) is 0 Å². The van der Waals surface area contributed by atoms with Crippen molar-refractivity contribution >= 4 is 0 Å². The quantitative estimate of drug-likeness (QED) is 0.677. The molecule has 0 bridgehead atoms. The second kappa shape index (κ2) is 4.36. The Balaban J connectivity index is 2.31. The smallest absolute Gasteiger partial charge is 0.0233 e. The first-order chi connectivity index (χ1) is 7.16. The van der Waals surface area contributed by atoms with E-state index < -0.39 is 0 Å². The maximum atomic E-state index is 2.42. The summed E-state index contributed by atoms with van der Waals surface area (Å²) in [5.74, 6) is 0.649. The standard InChI is InChI=1S/C14H21N/c1-11(2)12-6-7-14-10-15(3)8-4-5-13(14)9-12/h6-7,9,11H,4-5,8,10H2,1-3H3. The van der Waals surface area contributed by atoms with Crippen molar-refractivity contribution in [1.82, 2.24) is 4.90 Å². The fraction of sp³-hybridized carbons (Fsp3) is 0.571. The molecule has 0 amide bonds. The lowest BCUT2D eigenvalue weighted by atomic mass is 9.96. The second-order valence-electron chi connectivity index (χ2n) is 5.02. The topological polar surface area (TPSA) is 3.24 Å². The van der Waals surface area contributed by atoms with Crippen LogP contribution in [0.4, 0.5) is 0 Å². The molecule has 0 aliphatic carbocycles. The summed E-state index contributed by atoms with van der Waals surface area (Å²) in [6, 6.07) is 7.04. The first-order valence-electron chi connectivity index (χ1n) is 5.97. The molecule has 0 saturated heterocycles. The number of fused-ring (bicyclic) bond motifs is 1. The van der Waals surface area contributed by atoms with Crippen LogP contribution in [0, 0.1) is 0 Å². The summed E-state index contributed by atoms with van der Waals surface area (Å²) in [6.07, 6.45) is 2.55. The molecular weight excluding hydrogens is 182 g/mol. The van der Waals surface area contributed by atoms with Gasteiger partial charge in [0.05, 0.1) is 0 Å². The molecular formula is C14H21N. The molecule has 1 aromatic carbocycles.